The number of hydrogen-bond acceptors (Lipinski definition) is 4. The van der Waals surface area contributed by atoms with Gasteiger partial charge >= 0.3 is 0 Å². The van der Waals surface area contributed by atoms with Crippen LogP contribution >= 0.6 is 0 Å². The van der Waals surface area contributed by atoms with Crippen molar-refractivity contribution in [2.75, 3.05) is 18.1 Å². The summed E-state index contributed by atoms with van der Waals surface area (Å²) < 4.78 is 23.4. The first-order valence-corrected chi connectivity index (χ1v) is 8.28. The topological polar surface area (TPSA) is 75.3 Å². The van der Waals surface area contributed by atoms with Crippen LogP contribution in [-0.2, 0) is 14.6 Å². The molecule has 0 aliphatic rings. The van der Waals surface area contributed by atoms with E-state index in [1.807, 2.05) is 13.8 Å². The zero-order valence-corrected chi connectivity index (χ0v) is 13.1. The fraction of sp³-hybridized carbons (Fsp3) is 0.500. The standard InChI is InChI=1S/C14H22N2O3S/c1-5-20(18,19)12-8-6-11(7-9-12)16-13(10(2)3)14(17)15-4/h6-10,13,16H,5H2,1-4H3,(H,15,17)/t13-/m1/s1. The number of rotatable bonds is 6. The summed E-state index contributed by atoms with van der Waals surface area (Å²) in [6.07, 6.45) is 0. The molecule has 112 valence electrons. The Balaban J connectivity index is 2.91. The number of nitrogens with one attached hydrogen (secondary N) is 2. The zero-order chi connectivity index (χ0) is 15.3. The summed E-state index contributed by atoms with van der Waals surface area (Å²) in [5.74, 6) is 0.103. The second-order valence-corrected chi connectivity index (χ2v) is 7.19. The number of hydrogen-bond donors (Lipinski definition) is 2. The first kappa shape index (κ1) is 16.5. The molecule has 0 spiro atoms. The van der Waals surface area contributed by atoms with Gasteiger partial charge in [0.05, 0.1) is 10.6 Å². The molecule has 0 aliphatic heterocycles. The van der Waals surface area contributed by atoms with Crippen molar-refractivity contribution in [3.05, 3.63) is 24.3 Å². The zero-order valence-electron chi connectivity index (χ0n) is 12.3. The molecule has 0 aliphatic carbocycles. The molecule has 6 heteroatoms. The molecule has 1 amide bonds. The van der Waals surface area contributed by atoms with Crippen molar-refractivity contribution in [3.63, 3.8) is 0 Å². The van der Waals surface area contributed by atoms with Crippen LogP contribution in [-0.4, -0.2) is 33.2 Å². The third kappa shape index (κ3) is 3.96. The van der Waals surface area contributed by atoms with Crippen molar-refractivity contribution in [2.45, 2.75) is 31.7 Å². The lowest BCUT2D eigenvalue weighted by Gasteiger charge is -2.22. The van der Waals surface area contributed by atoms with Crippen LogP contribution in [0.2, 0.25) is 0 Å². The molecule has 5 nitrogen and oxygen atoms in total. The minimum atomic E-state index is -3.19. The van der Waals surface area contributed by atoms with Gasteiger partial charge in [-0.2, -0.15) is 0 Å². The van der Waals surface area contributed by atoms with E-state index < -0.39 is 9.84 Å². The van der Waals surface area contributed by atoms with Crippen molar-refractivity contribution in [1.29, 1.82) is 0 Å². The van der Waals surface area contributed by atoms with Gasteiger partial charge in [-0.1, -0.05) is 20.8 Å². The Labute approximate surface area is 120 Å². The van der Waals surface area contributed by atoms with E-state index in [1.165, 1.54) is 0 Å². The van der Waals surface area contributed by atoms with E-state index in [0.29, 0.717) is 4.90 Å². The predicted octanol–water partition coefficient (Wildman–Crippen LogP) is 1.66. The number of anilines is 1. The van der Waals surface area contributed by atoms with Crippen LogP contribution in [0.1, 0.15) is 20.8 Å². The molecule has 2 N–H and O–H groups in total. The summed E-state index contributed by atoms with van der Waals surface area (Å²) in [4.78, 5) is 12.1. The van der Waals surface area contributed by atoms with Gasteiger partial charge in [-0.3, -0.25) is 4.79 Å². The quantitative estimate of drug-likeness (QED) is 0.837. The fourth-order valence-corrected chi connectivity index (χ4v) is 2.68. The third-order valence-corrected chi connectivity index (χ3v) is 4.86. The average Bonchev–Trinajstić information content (AvgIpc) is 2.44. The van der Waals surface area contributed by atoms with Gasteiger partial charge < -0.3 is 10.6 Å². The fourth-order valence-electron chi connectivity index (χ4n) is 1.80. The number of amides is 1. The summed E-state index contributed by atoms with van der Waals surface area (Å²) in [5.41, 5.74) is 0.724. The van der Waals surface area contributed by atoms with Gasteiger partial charge in [0.25, 0.3) is 0 Å². The Morgan fingerprint density at radius 3 is 2.15 bits per heavy atom. The summed E-state index contributed by atoms with van der Waals surface area (Å²) in [7, 11) is -1.59. The molecular formula is C14H22N2O3S. The smallest absolute Gasteiger partial charge is 0.242 e. The average molecular weight is 298 g/mol. The molecule has 1 aromatic rings. The van der Waals surface area contributed by atoms with Crippen molar-refractivity contribution < 1.29 is 13.2 Å². The Kier molecular flexibility index (Phi) is 5.56. The van der Waals surface area contributed by atoms with Crippen molar-refractivity contribution in [3.8, 4) is 0 Å². The molecule has 0 aromatic heterocycles. The molecule has 0 radical (unpaired) electrons. The number of carbonyl (C=O) groups excluding carboxylic acids is 1. The van der Waals surface area contributed by atoms with Crippen LogP contribution in [0.4, 0.5) is 5.69 Å². The van der Waals surface area contributed by atoms with Gasteiger partial charge in [-0.05, 0) is 30.2 Å². The van der Waals surface area contributed by atoms with E-state index in [0.717, 1.165) is 5.69 Å². The maximum atomic E-state index is 11.8. The van der Waals surface area contributed by atoms with E-state index in [2.05, 4.69) is 10.6 Å². The number of likely N-dealkylation sites (N-methyl/N-ethyl adjacent to an activating group) is 1. The monoisotopic (exact) mass is 298 g/mol. The van der Waals surface area contributed by atoms with Gasteiger partial charge in [0.1, 0.15) is 6.04 Å². The summed E-state index contributed by atoms with van der Waals surface area (Å²) in [6, 6.07) is 6.13. The minimum absolute atomic E-state index is 0.0760. The molecule has 0 heterocycles. The lowest BCUT2D eigenvalue weighted by Crippen LogP contribution is -2.41. The van der Waals surface area contributed by atoms with E-state index in [4.69, 9.17) is 0 Å². The van der Waals surface area contributed by atoms with E-state index in [9.17, 15) is 13.2 Å². The third-order valence-electron chi connectivity index (χ3n) is 3.11. The minimum Gasteiger partial charge on any atom is -0.373 e. The molecule has 0 bridgehead atoms. The molecule has 0 unspecified atom stereocenters. The summed E-state index contributed by atoms with van der Waals surface area (Å²) >= 11 is 0. The second kappa shape index (κ2) is 6.74. The Morgan fingerprint density at radius 2 is 1.75 bits per heavy atom. The van der Waals surface area contributed by atoms with Gasteiger partial charge in [-0.25, -0.2) is 8.42 Å². The van der Waals surface area contributed by atoms with Gasteiger partial charge in [-0.15, -0.1) is 0 Å². The molecule has 0 fully saturated rings. The molecule has 0 saturated carbocycles. The van der Waals surface area contributed by atoms with Crippen LogP contribution in [0.3, 0.4) is 0 Å². The van der Waals surface area contributed by atoms with Gasteiger partial charge in [0.15, 0.2) is 9.84 Å². The van der Waals surface area contributed by atoms with Crippen LogP contribution in [0, 0.1) is 5.92 Å². The summed E-state index contributed by atoms with van der Waals surface area (Å²) in [5, 5.41) is 5.73. The first-order valence-electron chi connectivity index (χ1n) is 6.62. The number of sulfone groups is 1. The lowest BCUT2D eigenvalue weighted by atomic mass is 10.0. The molecule has 20 heavy (non-hydrogen) atoms. The second-order valence-electron chi connectivity index (χ2n) is 4.91. The number of carbonyl (C=O) groups is 1. The highest BCUT2D eigenvalue weighted by Gasteiger charge is 2.21. The van der Waals surface area contributed by atoms with Crippen molar-refractivity contribution >= 4 is 21.4 Å². The maximum absolute atomic E-state index is 11.8. The highest BCUT2D eigenvalue weighted by atomic mass is 32.2. The highest BCUT2D eigenvalue weighted by molar-refractivity contribution is 7.91. The highest BCUT2D eigenvalue weighted by Crippen LogP contribution is 2.17. The largest absolute Gasteiger partial charge is 0.373 e. The summed E-state index contributed by atoms with van der Waals surface area (Å²) in [6.45, 7) is 5.51. The Hall–Kier alpha value is -1.56. The van der Waals surface area contributed by atoms with Crippen LogP contribution < -0.4 is 10.6 Å². The van der Waals surface area contributed by atoms with E-state index in [-0.39, 0.29) is 23.6 Å². The molecular weight excluding hydrogens is 276 g/mol. The van der Waals surface area contributed by atoms with E-state index >= 15 is 0 Å². The first-order chi connectivity index (χ1) is 9.31. The molecule has 1 aromatic carbocycles. The van der Waals surface area contributed by atoms with Crippen molar-refractivity contribution in [1.82, 2.24) is 5.32 Å². The normalized spacial score (nSPS) is 13.1. The van der Waals surface area contributed by atoms with Crippen molar-refractivity contribution in [2.24, 2.45) is 5.92 Å². The predicted molar refractivity (Wildman–Crippen MR) is 80.5 cm³/mol. The maximum Gasteiger partial charge on any atom is 0.242 e. The molecule has 1 rings (SSSR count). The molecule has 1 atom stereocenters. The SMILES string of the molecule is CCS(=O)(=O)c1ccc(N[C@@H](C(=O)NC)C(C)C)cc1. The van der Waals surface area contributed by atoms with E-state index in [1.54, 1.807) is 38.2 Å². The lowest BCUT2D eigenvalue weighted by molar-refractivity contribution is -0.122. The van der Waals surface area contributed by atoms with Crippen LogP contribution in [0.25, 0.3) is 0 Å². The number of benzene rings is 1. The van der Waals surface area contributed by atoms with Gasteiger partial charge in [0, 0.05) is 12.7 Å². The van der Waals surface area contributed by atoms with Gasteiger partial charge in [0.2, 0.25) is 5.91 Å². The van der Waals surface area contributed by atoms with Crippen LogP contribution in [0.15, 0.2) is 29.2 Å². The van der Waals surface area contributed by atoms with Crippen LogP contribution in [0.5, 0.6) is 0 Å². The molecule has 0 saturated heterocycles. The Bertz CT molecular complexity index is 550. The Morgan fingerprint density at radius 1 is 1.20 bits per heavy atom.